The average molecular weight is 363 g/mol. The van der Waals surface area contributed by atoms with Gasteiger partial charge in [-0.3, -0.25) is 14.2 Å². The van der Waals surface area contributed by atoms with Crippen LogP contribution in [0, 0.1) is 6.92 Å². The van der Waals surface area contributed by atoms with Gasteiger partial charge in [-0.15, -0.1) is 11.3 Å². The summed E-state index contributed by atoms with van der Waals surface area (Å²) in [7, 11) is 0. The van der Waals surface area contributed by atoms with E-state index < -0.39 is 0 Å². The molecule has 4 aromatic rings. The van der Waals surface area contributed by atoms with E-state index in [1.54, 1.807) is 4.57 Å². The van der Waals surface area contributed by atoms with Crippen LogP contribution in [-0.2, 0) is 0 Å². The fourth-order valence-electron chi connectivity index (χ4n) is 3.62. The summed E-state index contributed by atoms with van der Waals surface area (Å²) < 4.78 is 1.63. The quantitative estimate of drug-likeness (QED) is 0.588. The van der Waals surface area contributed by atoms with Gasteiger partial charge in [-0.1, -0.05) is 24.6 Å². The second kappa shape index (κ2) is 5.64. The topological polar surface area (TPSA) is 67.8 Å². The second-order valence-corrected chi connectivity index (χ2v) is 8.11. The zero-order valence-corrected chi connectivity index (χ0v) is 15.1. The first-order chi connectivity index (χ1) is 12.6. The lowest BCUT2D eigenvalue weighted by atomic mass is 9.84. The molecule has 26 heavy (non-hydrogen) atoms. The molecule has 1 saturated carbocycles. The highest BCUT2D eigenvalue weighted by Gasteiger charge is 2.27. The van der Waals surface area contributed by atoms with Crippen molar-refractivity contribution in [3.05, 3.63) is 67.7 Å². The summed E-state index contributed by atoms with van der Waals surface area (Å²) in [6.45, 7) is 1.96. The fourth-order valence-corrected chi connectivity index (χ4v) is 4.53. The highest BCUT2D eigenvalue weighted by atomic mass is 32.1. The van der Waals surface area contributed by atoms with E-state index in [0.29, 0.717) is 11.0 Å². The molecule has 0 amide bonds. The molecule has 1 aliphatic carbocycles. The SMILES string of the molecule is Cc1cc2c(=O)c3c(=O)n(-c4ccccc4)c(C4CCC4)nc3[nH]c2s1. The van der Waals surface area contributed by atoms with Gasteiger partial charge < -0.3 is 4.98 Å². The van der Waals surface area contributed by atoms with Crippen LogP contribution < -0.4 is 11.0 Å². The van der Waals surface area contributed by atoms with Crippen LogP contribution in [0.2, 0.25) is 0 Å². The molecule has 6 heteroatoms. The number of nitrogens with one attached hydrogen (secondary N) is 1. The lowest BCUT2D eigenvalue weighted by Crippen LogP contribution is -2.31. The van der Waals surface area contributed by atoms with E-state index in [1.807, 2.05) is 43.3 Å². The number of H-pyrrole nitrogens is 1. The highest BCUT2D eigenvalue weighted by molar-refractivity contribution is 7.18. The molecule has 5 rings (SSSR count). The maximum atomic E-state index is 13.4. The van der Waals surface area contributed by atoms with E-state index >= 15 is 0 Å². The molecule has 130 valence electrons. The fraction of sp³-hybridized carbons (Fsp3) is 0.250. The Morgan fingerprint density at radius 3 is 2.65 bits per heavy atom. The number of aryl methyl sites for hydroxylation is 1. The van der Waals surface area contributed by atoms with E-state index in [2.05, 4.69) is 4.98 Å². The van der Waals surface area contributed by atoms with Crippen molar-refractivity contribution in [2.24, 2.45) is 0 Å². The minimum atomic E-state index is -0.282. The van der Waals surface area contributed by atoms with Crippen LogP contribution in [0.1, 0.15) is 35.9 Å². The summed E-state index contributed by atoms with van der Waals surface area (Å²) >= 11 is 1.52. The number of aromatic amines is 1. The van der Waals surface area contributed by atoms with Gasteiger partial charge in [0.2, 0.25) is 5.43 Å². The molecular weight excluding hydrogens is 346 g/mol. The summed E-state index contributed by atoms with van der Waals surface area (Å²) in [5, 5.41) is 0.706. The Bertz CT molecular complexity index is 1260. The number of hydrogen-bond donors (Lipinski definition) is 1. The molecule has 5 nitrogen and oxygen atoms in total. The lowest BCUT2D eigenvalue weighted by Gasteiger charge is -2.27. The minimum absolute atomic E-state index is 0.141. The van der Waals surface area contributed by atoms with Gasteiger partial charge in [0.05, 0.1) is 11.1 Å². The third kappa shape index (κ3) is 2.18. The first-order valence-electron chi connectivity index (χ1n) is 8.78. The second-order valence-electron chi connectivity index (χ2n) is 6.85. The van der Waals surface area contributed by atoms with Crippen LogP contribution in [0.5, 0.6) is 0 Å². The molecule has 1 fully saturated rings. The molecule has 0 radical (unpaired) electrons. The van der Waals surface area contributed by atoms with Crippen LogP contribution in [0.3, 0.4) is 0 Å². The minimum Gasteiger partial charge on any atom is -0.330 e. The Labute approximate surface area is 153 Å². The number of pyridine rings is 1. The van der Waals surface area contributed by atoms with E-state index in [0.717, 1.165) is 40.5 Å². The van der Waals surface area contributed by atoms with Crippen molar-refractivity contribution in [2.45, 2.75) is 32.1 Å². The maximum Gasteiger partial charge on any atom is 0.271 e. The van der Waals surface area contributed by atoms with Crippen molar-refractivity contribution in [1.82, 2.24) is 14.5 Å². The number of nitrogens with zero attached hydrogens (tertiary/aromatic N) is 2. The first kappa shape index (κ1) is 15.5. The summed E-state index contributed by atoms with van der Waals surface area (Å²) in [6, 6.07) is 11.3. The van der Waals surface area contributed by atoms with E-state index in [4.69, 9.17) is 4.98 Å². The number of aromatic nitrogens is 3. The summed E-state index contributed by atoms with van der Waals surface area (Å²) in [6.07, 6.45) is 3.19. The molecule has 0 unspecified atom stereocenters. The molecule has 0 saturated heterocycles. The number of thiophene rings is 1. The van der Waals surface area contributed by atoms with Crippen LogP contribution >= 0.6 is 11.3 Å². The molecule has 1 aromatic carbocycles. The predicted molar refractivity (Wildman–Crippen MR) is 105 cm³/mol. The number of para-hydroxylation sites is 1. The number of rotatable bonds is 2. The molecule has 0 atom stereocenters. The zero-order valence-electron chi connectivity index (χ0n) is 14.3. The number of hydrogen-bond acceptors (Lipinski definition) is 4. The van der Waals surface area contributed by atoms with Crippen LogP contribution in [0.15, 0.2) is 46.0 Å². The van der Waals surface area contributed by atoms with E-state index in [9.17, 15) is 9.59 Å². The van der Waals surface area contributed by atoms with Crippen molar-refractivity contribution in [3.8, 4) is 5.69 Å². The van der Waals surface area contributed by atoms with Gasteiger partial charge >= 0.3 is 0 Å². The standard InChI is InChI=1S/C20H17N3O2S/c1-11-10-14-16(24)15-17(22-19(14)26-11)21-18(12-6-5-7-12)23(20(15)25)13-8-3-2-4-9-13/h2-4,8-10,12H,5-7H2,1H3,(H,22,24). The lowest BCUT2D eigenvalue weighted by molar-refractivity contribution is 0.394. The average Bonchev–Trinajstić information content (AvgIpc) is 2.95. The molecule has 3 heterocycles. The normalized spacial score (nSPS) is 14.8. The maximum absolute atomic E-state index is 13.4. The van der Waals surface area contributed by atoms with Crippen molar-refractivity contribution in [2.75, 3.05) is 0 Å². The van der Waals surface area contributed by atoms with Gasteiger partial charge in [0.15, 0.2) is 0 Å². The van der Waals surface area contributed by atoms with Gasteiger partial charge in [0.25, 0.3) is 5.56 Å². The van der Waals surface area contributed by atoms with Gasteiger partial charge in [-0.2, -0.15) is 0 Å². The molecule has 0 aliphatic heterocycles. The van der Waals surface area contributed by atoms with Crippen molar-refractivity contribution in [3.63, 3.8) is 0 Å². The molecule has 0 spiro atoms. The van der Waals surface area contributed by atoms with Crippen molar-refractivity contribution in [1.29, 1.82) is 0 Å². The van der Waals surface area contributed by atoms with Crippen LogP contribution in [0.4, 0.5) is 0 Å². The van der Waals surface area contributed by atoms with Gasteiger partial charge in [-0.25, -0.2) is 4.98 Å². The van der Waals surface area contributed by atoms with Crippen LogP contribution in [-0.4, -0.2) is 14.5 Å². The Hall–Kier alpha value is -2.73. The molecule has 1 N–H and O–H groups in total. The van der Waals surface area contributed by atoms with Crippen LogP contribution in [0.25, 0.3) is 26.9 Å². The summed E-state index contributed by atoms with van der Waals surface area (Å²) in [5.41, 5.74) is 0.647. The summed E-state index contributed by atoms with van der Waals surface area (Å²) in [4.78, 5) is 36.2. The third-order valence-corrected chi connectivity index (χ3v) is 6.12. The van der Waals surface area contributed by atoms with Gasteiger partial charge in [0, 0.05) is 10.8 Å². The Kier molecular flexibility index (Phi) is 3.37. The van der Waals surface area contributed by atoms with Crippen molar-refractivity contribution < 1.29 is 0 Å². The number of fused-ring (bicyclic) bond motifs is 2. The highest BCUT2D eigenvalue weighted by Crippen LogP contribution is 2.36. The Morgan fingerprint density at radius 2 is 1.96 bits per heavy atom. The van der Waals surface area contributed by atoms with Crippen molar-refractivity contribution >= 4 is 32.6 Å². The Morgan fingerprint density at radius 1 is 1.19 bits per heavy atom. The monoisotopic (exact) mass is 363 g/mol. The van der Waals surface area contributed by atoms with E-state index in [-0.39, 0.29) is 22.3 Å². The molecule has 3 aromatic heterocycles. The third-order valence-electron chi connectivity index (χ3n) is 5.15. The smallest absolute Gasteiger partial charge is 0.271 e. The zero-order chi connectivity index (χ0) is 17.8. The predicted octanol–water partition coefficient (Wildman–Crippen LogP) is 3.86. The van der Waals surface area contributed by atoms with Gasteiger partial charge in [0.1, 0.15) is 21.7 Å². The first-order valence-corrected chi connectivity index (χ1v) is 9.59. The van der Waals surface area contributed by atoms with Gasteiger partial charge in [-0.05, 0) is 38.0 Å². The largest absolute Gasteiger partial charge is 0.330 e. The molecular formula is C20H17N3O2S. The number of benzene rings is 1. The van der Waals surface area contributed by atoms with E-state index in [1.165, 1.54) is 11.3 Å². The summed E-state index contributed by atoms with van der Waals surface area (Å²) in [5.74, 6) is 1.01. The Balaban J connectivity index is 1.94. The molecule has 1 aliphatic rings. The molecule has 0 bridgehead atoms.